The van der Waals surface area contributed by atoms with Gasteiger partial charge in [0.15, 0.2) is 0 Å². The summed E-state index contributed by atoms with van der Waals surface area (Å²) in [6, 6.07) is 18.7. The second kappa shape index (κ2) is 16.2. The first-order valence-corrected chi connectivity index (χ1v) is 21.4. The highest BCUT2D eigenvalue weighted by atomic mass is 33.1. The van der Waals surface area contributed by atoms with Gasteiger partial charge in [-0.15, -0.1) is 0 Å². The van der Waals surface area contributed by atoms with Gasteiger partial charge < -0.3 is 10.6 Å². The van der Waals surface area contributed by atoms with Crippen molar-refractivity contribution >= 4 is 78.1 Å². The topological polar surface area (TPSA) is 116 Å². The Bertz CT molecular complexity index is 2280. The van der Waals surface area contributed by atoms with E-state index in [0.717, 1.165) is 61.2 Å². The number of rotatable bonds is 17. The first-order chi connectivity index (χ1) is 27.3. The van der Waals surface area contributed by atoms with Gasteiger partial charge in [0, 0.05) is 106 Å². The van der Waals surface area contributed by atoms with Crippen molar-refractivity contribution in [3.63, 3.8) is 0 Å². The van der Waals surface area contributed by atoms with Crippen LogP contribution in [0.1, 0.15) is 54.3 Å². The Labute approximate surface area is 332 Å². The zero-order valence-corrected chi connectivity index (χ0v) is 33.1. The summed E-state index contributed by atoms with van der Waals surface area (Å²) in [5, 5.41) is 10.1. The number of anilines is 2. The maximum Gasteiger partial charge on any atom is 0.261 e. The smallest absolute Gasteiger partial charge is 0.261 e. The van der Waals surface area contributed by atoms with Crippen LogP contribution in [-0.2, 0) is 27.2 Å². The molecule has 56 heavy (non-hydrogen) atoms. The number of benzene rings is 4. The minimum atomic E-state index is -0.293. The van der Waals surface area contributed by atoms with E-state index in [4.69, 9.17) is 0 Å². The molecule has 12 nitrogen and oxygen atoms in total. The SMILES string of the molecule is C[n+]1ccn(CCCNc2ccc3c4c(cccc24)C(=O)N(CCSSCCN2C(=O)c4cccc5c(NCCCn6cc[n+](C)c6)ccc(c45)C2=O)C3=O)c1. The molecule has 2 aromatic heterocycles. The van der Waals surface area contributed by atoms with Crippen LogP contribution < -0.4 is 19.8 Å². The van der Waals surface area contributed by atoms with Gasteiger partial charge >= 0.3 is 0 Å². The van der Waals surface area contributed by atoms with Crippen molar-refractivity contribution < 1.29 is 28.3 Å². The van der Waals surface area contributed by atoms with Crippen molar-refractivity contribution in [2.24, 2.45) is 14.1 Å². The lowest BCUT2D eigenvalue weighted by atomic mass is 9.93. The van der Waals surface area contributed by atoms with Crippen molar-refractivity contribution in [1.29, 1.82) is 0 Å². The van der Waals surface area contributed by atoms with E-state index in [1.807, 2.05) is 109 Å². The van der Waals surface area contributed by atoms with Crippen molar-refractivity contribution in [2.45, 2.75) is 25.9 Å². The van der Waals surface area contributed by atoms with E-state index in [1.165, 1.54) is 31.4 Å². The lowest BCUT2D eigenvalue weighted by Gasteiger charge is -2.28. The molecule has 2 aliphatic rings. The van der Waals surface area contributed by atoms with Gasteiger partial charge in [-0.25, -0.2) is 18.3 Å². The van der Waals surface area contributed by atoms with Gasteiger partial charge in [-0.2, -0.15) is 0 Å². The van der Waals surface area contributed by atoms with Gasteiger partial charge in [0.25, 0.3) is 23.6 Å². The molecule has 14 heteroatoms. The molecule has 0 atom stereocenters. The van der Waals surface area contributed by atoms with Crippen LogP contribution >= 0.6 is 21.6 Å². The second-order valence-electron chi connectivity index (χ2n) is 14.1. The van der Waals surface area contributed by atoms with Gasteiger partial charge in [-0.3, -0.25) is 29.0 Å². The van der Waals surface area contributed by atoms with Gasteiger partial charge in [0.05, 0.1) is 27.2 Å². The molecule has 8 rings (SSSR count). The Morgan fingerprint density at radius 3 is 1.34 bits per heavy atom. The highest BCUT2D eigenvalue weighted by Crippen LogP contribution is 2.36. The van der Waals surface area contributed by atoms with Crippen molar-refractivity contribution in [3.05, 3.63) is 120 Å². The van der Waals surface area contributed by atoms with Gasteiger partial charge in [-0.05, 0) is 36.4 Å². The second-order valence-corrected chi connectivity index (χ2v) is 16.8. The summed E-state index contributed by atoms with van der Waals surface area (Å²) in [7, 11) is 7.03. The molecule has 0 unspecified atom stereocenters. The van der Waals surface area contributed by atoms with E-state index in [2.05, 4.69) is 19.8 Å². The average molecular weight is 789 g/mol. The number of aromatic nitrogens is 4. The molecular formula is C42H44N8O4S2+2. The van der Waals surface area contributed by atoms with Crippen molar-refractivity contribution in [3.8, 4) is 0 Å². The first kappa shape index (κ1) is 37.3. The number of carbonyl (C=O) groups excluding carboxylic acids is 4. The van der Waals surface area contributed by atoms with Crippen LogP contribution in [0.5, 0.6) is 0 Å². The molecule has 0 radical (unpaired) electrons. The number of nitrogens with zero attached hydrogens (tertiary/aromatic N) is 6. The predicted octanol–water partition coefficient (Wildman–Crippen LogP) is 5.52. The largest absolute Gasteiger partial charge is 0.384 e. The van der Waals surface area contributed by atoms with Gasteiger partial charge in [0.2, 0.25) is 12.7 Å². The molecular weight excluding hydrogens is 745 g/mol. The molecule has 0 spiro atoms. The third kappa shape index (κ3) is 7.38. The molecule has 286 valence electrons. The molecule has 2 N–H and O–H groups in total. The molecule has 0 bridgehead atoms. The molecule has 0 saturated carbocycles. The Morgan fingerprint density at radius 2 is 0.946 bits per heavy atom. The fourth-order valence-corrected chi connectivity index (χ4v) is 9.52. The third-order valence-electron chi connectivity index (χ3n) is 10.3. The number of hydrogen-bond acceptors (Lipinski definition) is 8. The van der Waals surface area contributed by atoms with Crippen LogP contribution in [-0.4, -0.2) is 80.2 Å². The minimum Gasteiger partial charge on any atom is -0.384 e. The molecule has 2 aliphatic heterocycles. The molecule has 0 fully saturated rings. The van der Waals surface area contributed by atoms with Crippen molar-refractivity contribution in [2.75, 3.05) is 48.3 Å². The summed E-state index contributed by atoms with van der Waals surface area (Å²) in [5.74, 6) is -0.153. The normalized spacial score (nSPS) is 13.8. The summed E-state index contributed by atoms with van der Waals surface area (Å²) in [6.07, 6.45) is 14.0. The maximum atomic E-state index is 13.6. The lowest BCUT2D eigenvalue weighted by Crippen LogP contribution is -2.42. The third-order valence-corrected chi connectivity index (χ3v) is 12.7. The van der Waals surface area contributed by atoms with Crippen LogP contribution in [0.15, 0.2) is 98.1 Å². The van der Waals surface area contributed by atoms with Crippen LogP contribution in [0.2, 0.25) is 0 Å². The van der Waals surface area contributed by atoms with Crippen molar-refractivity contribution in [1.82, 2.24) is 18.9 Å². The van der Waals surface area contributed by atoms with E-state index in [0.29, 0.717) is 44.5 Å². The highest BCUT2D eigenvalue weighted by molar-refractivity contribution is 8.76. The number of hydrogen-bond donors (Lipinski definition) is 2. The van der Waals surface area contributed by atoms with Crippen LogP contribution in [0, 0.1) is 0 Å². The molecule has 4 heterocycles. The summed E-state index contributed by atoms with van der Waals surface area (Å²) >= 11 is 0. The number of aryl methyl sites for hydroxylation is 4. The molecule has 0 saturated heterocycles. The van der Waals surface area contributed by atoms with E-state index >= 15 is 0 Å². The minimum absolute atomic E-state index is 0.251. The summed E-state index contributed by atoms with van der Waals surface area (Å²) < 4.78 is 8.30. The van der Waals surface area contributed by atoms with E-state index < -0.39 is 0 Å². The number of amides is 4. The Balaban J connectivity index is 0.831. The standard InChI is InChI=1S/C42H42N8O4S2/c1-45-19-21-47(27-45)17-5-15-43-35-13-11-33-37-29(35)7-3-9-31(37)39(51)49(41(33)53)23-25-55-56-26-24-50-40(52)32-10-4-8-30-36(14-12-34(38(30)32)42(50)54)44-16-6-18-48-22-20-46(2)28-48/h3-4,7-14,19-22,27-28H,5-6,15-18,23-26H2,1-2H3/p+2. The van der Waals surface area contributed by atoms with Gasteiger partial charge in [0.1, 0.15) is 24.8 Å². The molecule has 6 aromatic rings. The number of carbonyl (C=O) groups is 4. The quantitative estimate of drug-likeness (QED) is 0.0538. The summed E-state index contributed by atoms with van der Waals surface area (Å²) in [6.45, 7) is 3.77. The Hall–Kier alpha value is -5.60. The summed E-state index contributed by atoms with van der Waals surface area (Å²) in [4.78, 5) is 57.2. The zero-order chi connectivity index (χ0) is 38.8. The van der Waals surface area contributed by atoms with E-state index in [9.17, 15) is 19.2 Å². The fraction of sp³-hybridized carbons (Fsp3) is 0.286. The van der Waals surface area contributed by atoms with E-state index in [1.54, 1.807) is 12.1 Å². The molecule has 4 aromatic carbocycles. The Kier molecular flexibility index (Phi) is 10.8. The predicted molar refractivity (Wildman–Crippen MR) is 221 cm³/mol. The Morgan fingerprint density at radius 1 is 0.536 bits per heavy atom. The van der Waals surface area contributed by atoms with Gasteiger partial charge in [-0.1, -0.05) is 45.9 Å². The fourth-order valence-electron chi connectivity index (χ4n) is 7.62. The zero-order valence-electron chi connectivity index (χ0n) is 31.4. The summed E-state index contributed by atoms with van der Waals surface area (Å²) in [5.41, 5.74) is 3.92. The first-order valence-electron chi connectivity index (χ1n) is 18.9. The molecule has 4 amide bonds. The average Bonchev–Trinajstić information content (AvgIpc) is 3.83. The van der Waals surface area contributed by atoms with E-state index in [-0.39, 0.29) is 36.7 Å². The lowest BCUT2D eigenvalue weighted by molar-refractivity contribution is -0.671. The van der Waals surface area contributed by atoms with Crippen LogP contribution in [0.25, 0.3) is 21.5 Å². The maximum absolute atomic E-state index is 13.6. The highest BCUT2D eigenvalue weighted by Gasteiger charge is 2.34. The number of nitrogens with one attached hydrogen (secondary N) is 2. The number of imide groups is 2. The van der Waals surface area contributed by atoms with Crippen LogP contribution in [0.4, 0.5) is 11.4 Å². The number of imidazole rings is 2. The monoisotopic (exact) mass is 788 g/mol. The molecule has 0 aliphatic carbocycles. The van der Waals surface area contributed by atoms with Crippen LogP contribution in [0.3, 0.4) is 0 Å².